The quantitative estimate of drug-likeness (QED) is 0.226. The van der Waals surface area contributed by atoms with Crippen LogP contribution in [0.3, 0.4) is 0 Å². The number of hydrogen-bond acceptors (Lipinski definition) is 0. The molecule has 3 aromatic rings. The lowest BCUT2D eigenvalue weighted by Crippen LogP contribution is -1.88. The molecule has 1 heteroatoms. The van der Waals surface area contributed by atoms with Crippen LogP contribution in [-0.4, -0.2) is 0 Å². The van der Waals surface area contributed by atoms with E-state index in [9.17, 15) is 4.39 Å². The minimum atomic E-state index is -0.335. The van der Waals surface area contributed by atoms with Crippen molar-refractivity contribution in [2.45, 2.75) is 71.6 Å². The molecule has 0 radical (unpaired) electrons. The lowest BCUT2D eigenvalue weighted by atomic mass is 10.0. The first-order chi connectivity index (χ1) is 16.7. The van der Waals surface area contributed by atoms with E-state index >= 15 is 0 Å². The molecule has 0 saturated carbocycles. The van der Waals surface area contributed by atoms with Crippen LogP contribution in [0.1, 0.15) is 92.2 Å². The molecule has 0 aromatic heterocycles. The summed E-state index contributed by atoms with van der Waals surface area (Å²) in [6.07, 6.45) is 11.0. The molecule has 3 rings (SSSR count). The summed E-state index contributed by atoms with van der Waals surface area (Å²) in [5.41, 5.74) is 5.57. The average molecular weight is 451 g/mol. The molecule has 0 aliphatic carbocycles. The van der Waals surface area contributed by atoms with E-state index in [4.69, 9.17) is 0 Å². The Kier molecular flexibility index (Phi) is 10.5. The fourth-order valence-electron chi connectivity index (χ4n) is 3.82. The Labute approximate surface area is 205 Å². The molecular weight excluding hydrogens is 415 g/mol. The van der Waals surface area contributed by atoms with E-state index < -0.39 is 0 Å². The maximum absolute atomic E-state index is 14.6. The Bertz CT molecular complexity index is 1150. The van der Waals surface area contributed by atoms with Crippen molar-refractivity contribution in [3.63, 3.8) is 0 Å². The molecule has 0 atom stereocenters. The molecule has 0 nitrogen and oxygen atoms in total. The number of unbranched alkanes of at least 4 members (excludes halogenated alkanes) is 5. The maximum Gasteiger partial charge on any atom is 0.140 e. The molecule has 0 fully saturated rings. The lowest BCUT2D eigenvalue weighted by Gasteiger charge is -2.01. The number of halogens is 1. The Morgan fingerprint density at radius 1 is 0.529 bits per heavy atom. The third kappa shape index (κ3) is 8.57. The van der Waals surface area contributed by atoms with Crippen LogP contribution in [0.15, 0.2) is 66.7 Å². The number of rotatable bonds is 9. The van der Waals surface area contributed by atoms with E-state index in [-0.39, 0.29) is 5.82 Å². The van der Waals surface area contributed by atoms with E-state index in [0.29, 0.717) is 11.1 Å². The van der Waals surface area contributed by atoms with Gasteiger partial charge >= 0.3 is 0 Å². The highest BCUT2D eigenvalue weighted by molar-refractivity contribution is 5.49. The Morgan fingerprint density at radius 3 is 1.56 bits per heavy atom. The van der Waals surface area contributed by atoms with Crippen LogP contribution in [0.25, 0.3) is 0 Å². The molecule has 0 aliphatic heterocycles. The zero-order valence-electron chi connectivity index (χ0n) is 20.6. The Hall–Kier alpha value is -3.29. The molecule has 0 saturated heterocycles. The minimum absolute atomic E-state index is 0.335. The zero-order valence-corrected chi connectivity index (χ0v) is 20.6. The first-order valence-electron chi connectivity index (χ1n) is 12.7. The zero-order chi connectivity index (χ0) is 24.0. The maximum atomic E-state index is 14.6. The van der Waals surface area contributed by atoms with Gasteiger partial charge in [0.15, 0.2) is 0 Å². The van der Waals surface area contributed by atoms with Crippen LogP contribution in [-0.2, 0) is 12.8 Å². The van der Waals surface area contributed by atoms with Crippen molar-refractivity contribution in [1.29, 1.82) is 0 Å². The predicted molar refractivity (Wildman–Crippen MR) is 142 cm³/mol. The molecule has 0 spiro atoms. The van der Waals surface area contributed by atoms with Gasteiger partial charge in [0.2, 0.25) is 0 Å². The van der Waals surface area contributed by atoms with Gasteiger partial charge in [-0.15, -0.1) is 0 Å². The summed E-state index contributed by atoms with van der Waals surface area (Å²) in [6.45, 7) is 4.45. The average Bonchev–Trinajstić information content (AvgIpc) is 2.86. The van der Waals surface area contributed by atoms with Gasteiger partial charge in [-0.25, -0.2) is 4.39 Å². The smallest absolute Gasteiger partial charge is 0.140 e. The van der Waals surface area contributed by atoms with Crippen molar-refractivity contribution < 1.29 is 4.39 Å². The highest BCUT2D eigenvalue weighted by Crippen LogP contribution is 2.12. The van der Waals surface area contributed by atoms with E-state index in [2.05, 4.69) is 61.8 Å². The van der Waals surface area contributed by atoms with E-state index in [1.807, 2.05) is 30.3 Å². The van der Waals surface area contributed by atoms with Crippen LogP contribution in [0, 0.1) is 29.5 Å². The molecular formula is C33H35F. The van der Waals surface area contributed by atoms with Gasteiger partial charge in [0.1, 0.15) is 5.82 Å². The van der Waals surface area contributed by atoms with Gasteiger partial charge in [0.05, 0.1) is 5.56 Å². The summed E-state index contributed by atoms with van der Waals surface area (Å²) in [7, 11) is 0. The second kappa shape index (κ2) is 14.1. The highest BCUT2D eigenvalue weighted by Gasteiger charge is 2.00. The standard InChI is InChI=1S/C33H35F/c1-3-5-7-9-11-28-14-18-30(19-15-28)22-24-32-25-23-31(26-33(32)34)21-20-29-16-12-27(13-17-29)10-8-6-4-2/h12-19,23,25-26H,3-11H2,1-2H3. The van der Waals surface area contributed by atoms with Crippen LogP contribution in [0.4, 0.5) is 4.39 Å². The molecule has 34 heavy (non-hydrogen) atoms. The predicted octanol–water partition coefficient (Wildman–Crippen LogP) is 8.48. The summed E-state index contributed by atoms with van der Waals surface area (Å²) >= 11 is 0. The van der Waals surface area contributed by atoms with Crippen molar-refractivity contribution in [3.05, 3.63) is 106 Å². The van der Waals surface area contributed by atoms with Crippen LogP contribution < -0.4 is 0 Å². The topological polar surface area (TPSA) is 0 Å². The third-order valence-electron chi connectivity index (χ3n) is 5.96. The SMILES string of the molecule is CCCCCCc1ccc(C#Cc2ccc(C#Cc3ccc(CCCCC)cc3)cc2F)cc1. The highest BCUT2D eigenvalue weighted by atomic mass is 19.1. The van der Waals surface area contributed by atoms with Crippen LogP contribution in [0.2, 0.25) is 0 Å². The lowest BCUT2D eigenvalue weighted by molar-refractivity contribution is 0.624. The largest absolute Gasteiger partial charge is 0.206 e. The molecule has 0 aliphatic rings. The summed E-state index contributed by atoms with van der Waals surface area (Å²) in [5.74, 6) is 11.9. The van der Waals surface area contributed by atoms with Crippen molar-refractivity contribution in [3.8, 4) is 23.7 Å². The van der Waals surface area contributed by atoms with Gasteiger partial charge in [-0.1, -0.05) is 93.9 Å². The van der Waals surface area contributed by atoms with Crippen molar-refractivity contribution >= 4 is 0 Å². The summed E-state index contributed by atoms with van der Waals surface area (Å²) in [6, 6.07) is 21.7. The van der Waals surface area contributed by atoms with Gasteiger partial charge in [-0.05, 0) is 79.3 Å². The van der Waals surface area contributed by atoms with Gasteiger partial charge in [0.25, 0.3) is 0 Å². The van der Waals surface area contributed by atoms with Crippen LogP contribution >= 0.6 is 0 Å². The summed E-state index contributed by atoms with van der Waals surface area (Å²) < 4.78 is 14.6. The third-order valence-corrected chi connectivity index (χ3v) is 5.96. The second-order valence-corrected chi connectivity index (χ2v) is 8.86. The molecule has 0 unspecified atom stereocenters. The molecule has 3 aromatic carbocycles. The van der Waals surface area contributed by atoms with Gasteiger partial charge in [-0.3, -0.25) is 0 Å². The van der Waals surface area contributed by atoms with Crippen molar-refractivity contribution in [2.24, 2.45) is 0 Å². The fourth-order valence-corrected chi connectivity index (χ4v) is 3.82. The first kappa shape index (κ1) is 25.3. The van der Waals surface area contributed by atoms with Gasteiger partial charge in [-0.2, -0.15) is 0 Å². The molecule has 0 bridgehead atoms. The second-order valence-electron chi connectivity index (χ2n) is 8.86. The molecule has 0 amide bonds. The number of aryl methyl sites for hydroxylation is 2. The van der Waals surface area contributed by atoms with Crippen molar-refractivity contribution in [2.75, 3.05) is 0 Å². The Balaban J connectivity index is 1.58. The number of hydrogen-bond donors (Lipinski definition) is 0. The normalized spacial score (nSPS) is 10.2. The van der Waals surface area contributed by atoms with Crippen LogP contribution in [0.5, 0.6) is 0 Å². The molecule has 174 valence electrons. The number of benzene rings is 3. The molecule has 0 heterocycles. The van der Waals surface area contributed by atoms with E-state index in [0.717, 1.165) is 24.0 Å². The first-order valence-corrected chi connectivity index (χ1v) is 12.7. The van der Waals surface area contributed by atoms with Gasteiger partial charge in [0, 0.05) is 16.7 Å². The van der Waals surface area contributed by atoms with Crippen molar-refractivity contribution in [1.82, 2.24) is 0 Å². The summed E-state index contributed by atoms with van der Waals surface area (Å²) in [5, 5.41) is 0. The fraction of sp³-hybridized carbons (Fsp3) is 0.333. The van der Waals surface area contributed by atoms with Gasteiger partial charge < -0.3 is 0 Å². The molecule has 0 N–H and O–H groups in total. The Morgan fingerprint density at radius 2 is 1.00 bits per heavy atom. The minimum Gasteiger partial charge on any atom is -0.206 e. The summed E-state index contributed by atoms with van der Waals surface area (Å²) in [4.78, 5) is 0. The van der Waals surface area contributed by atoms with E-state index in [1.54, 1.807) is 6.07 Å². The monoisotopic (exact) mass is 450 g/mol. The van der Waals surface area contributed by atoms with E-state index in [1.165, 1.54) is 62.1 Å².